The molecule has 0 saturated carbocycles. The lowest BCUT2D eigenvalue weighted by molar-refractivity contribution is -0.159. The van der Waals surface area contributed by atoms with Crippen LogP contribution in [0.5, 0.6) is 0 Å². The summed E-state index contributed by atoms with van der Waals surface area (Å²) in [7, 11) is 0. The van der Waals surface area contributed by atoms with Gasteiger partial charge in [-0.2, -0.15) is 0 Å². The molecule has 1 atom stereocenters. The molecular formula is C8H14N2O5. The molecule has 1 unspecified atom stereocenters. The van der Waals surface area contributed by atoms with Gasteiger partial charge in [0, 0.05) is 13.0 Å². The number of carbonyl (C=O) groups excluding carboxylic acids is 2. The second-order valence-corrected chi connectivity index (χ2v) is 2.87. The van der Waals surface area contributed by atoms with E-state index in [0.29, 0.717) is 0 Å². The third-order valence-electron chi connectivity index (χ3n) is 1.55. The van der Waals surface area contributed by atoms with Gasteiger partial charge in [0.2, 0.25) is 0 Å². The van der Waals surface area contributed by atoms with Gasteiger partial charge in [0.25, 0.3) is 0 Å². The summed E-state index contributed by atoms with van der Waals surface area (Å²) in [6.07, 6.45) is -0.315. The molecule has 0 saturated heterocycles. The van der Waals surface area contributed by atoms with Crippen LogP contribution in [0.4, 0.5) is 0 Å². The van der Waals surface area contributed by atoms with Gasteiger partial charge in [-0.05, 0) is 6.42 Å². The fraction of sp³-hybridized carbons (Fsp3) is 0.625. The fourth-order valence-corrected chi connectivity index (χ4v) is 0.744. The first-order valence-electron chi connectivity index (χ1n) is 4.39. The van der Waals surface area contributed by atoms with E-state index in [2.05, 4.69) is 4.74 Å². The first kappa shape index (κ1) is 13.5. The fourth-order valence-electron chi connectivity index (χ4n) is 0.744. The van der Waals surface area contributed by atoms with E-state index in [1.54, 1.807) is 0 Å². The molecule has 7 nitrogen and oxygen atoms in total. The largest absolute Gasteiger partial charge is 0.480 e. The zero-order valence-corrected chi connectivity index (χ0v) is 8.14. The molecule has 0 spiro atoms. The van der Waals surface area contributed by atoms with Crippen molar-refractivity contribution in [1.82, 2.24) is 0 Å². The molecule has 0 heterocycles. The molecular weight excluding hydrogens is 204 g/mol. The van der Waals surface area contributed by atoms with Gasteiger partial charge in [-0.1, -0.05) is 0 Å². The molecule has 15 heavy (non-hydrogen) atoms. The number of hydrogen-bond donors (Lipinski definition) is 3. The standard InChI is InChI=1S/C8H14N2O5/c9-4-3-7(12)15-6(11)2-1-5(10)8(13)14/h5H,1-4,9-10H2,(H,13,14). The third-order valence-corrected chi connectivity index (χ3v) is 1.55. The molecule has 0 aromatic carbocycles. The lowest BCUT2D eigenvalue weighted by atomic mass is 10.2. The summed E-state index contributed by atoms with van der Waals surface area (Å²) >= 11 is 0. The van der Waals surface area contributed by atoms with Crippen LogP contribution < -0.4 is 11.5 Å². The number of carboxylic acids is 1. The molecule has 0 aliphatic carbocycles. The molecule has 0 rings (SSSR count). The predicted molar refractivity (Wildman–Crippen MR) is 49.6 cm³/mol. The van der Waals surface area contributed by atoms with Crippen molar-refractivity contribution in [2.45, 2.75) is 25.3 Å². The van der Waals surface area contributed by atoms with Gasteiger partial charge in [0.15, 0.2) is 0 Å². The number of ether oxygens (including phenoxy) is 1. The van der Waals surface area contributed by atoms with Crippen LogP contribution in [0.2, 0.25) is 0 Å². The van der Waals surface area contributed by atoms with Crippen molar-refractivity contribution in [3.63, 3.8) is 0 Å². The van der Waals surface area contributed by atoms with E-state index in [4.69, 9.17) is 16.6 Å². The highest BCUT2D eigenvalue weighted by atomic mass is 16.6. The van der Waals surface area contributed by atoms with Crippen LogP contribution in [0.1, 0.15) is 19.3 Å². The van der Waals surface area contributed by atoms with Crippen LogP contribution in [0, 0.1) is 0 Å². The SMILES string of the molecule is NCCC(=O)OC(=O)CCC(N)C(=O)O. The number of hydrogen-bond acceptors (Lipinski definition) is 6. The van der Waals surface area contributed by atoms with Gasteiger partial charge in [0.1, 0.15) is 6.04 Å². The van der Waals surface area contributed by atoms with Gasteiger partial charge in [-0.15, -0.1) is 0 Å². The molecule has 0 aromatic rings. The van der Waals surface area contributed by atoms with Crippen molar-refractivity contribution >= 4 is 17.9 Å². The molecule has 0 radical (unpaired) electrons. The lowest BCUT2D eigenvalue weighted by Crippen LogP contribution is -2.31. The second kappa shape index (κ2) is 6.91. The van der Waals surface area contributed by atoms with Gasteiger partial charge < -0.3 is 21.3 Å². The van der Waals surface area contributed by atoms with Crippen LogP contribution in [0.15, 0.2) is 0 Å². The summed E-state index contributed by atoms with van der Waals surface area (Å²) in [5, 5.41) is 8.40. The van der Waals surface area contributed by atoms with Crippen LogP contribution >= 0.6 is 0 Å². The molecule has 0 fully saturated rings. The van der Waals surface area contributed by atoms with Crippen molar-refractivity contribution in [2.24, 2.45) is 11.5 Å². The summed E-state index contributed by atoms with van der Waals surface area (Å²) in [5.41, 5.74) is 10.2. The molecule has 7 heteroatoms. The Kier molecular flexibility index (Phi) is 6.23. The van der Waals surface area contributed by atoms with Gasteiger partial charge >= 0.3 is 17.9 Å². The number of nitrogens with two attached hydrogens (primary N) is 2. The van der Waals surface area contributed by atoms with Crippen LogP contribution in [-0.4, -0.2) is 35.6 Å². The van der Waals surface area contributed by atoms with Gasteiger partial charge in [-0.25, -0.2) is 0 Å². The zero-order valence-electron chi connectivity index (χ0n) is 8.14. The predicted octanol–water partition coefficient (Wildman–Crippen LogP) is -1.40. The normalized spacial score (nSPS) is 11.9. The average Bonchev–Trinajstić information content (AvgIpc) is 2.14. The number of rotatable bonds is 6. The highest BCUT2D eigenvalue weighted by molar-refractivity contribution is 5.85. The Morgan fingerprint density at radius 2 is 1.73 bits per heavy atom. The Bertz CT molecular complexity index is 253. The Hall–Kier alpha value is -1.47. The van der Waals surface area contributed by atoms with E-state index in [1.165, 1.54) is 0 Å². The van der Waals surface area contributed by atoms with Crippen molar-refractivity contribution in [3.8, 4) is 0 Å². The molecule has 0 aliphatic rings. The van der Waals surface area contributed by atoms with E-state index in [0.717, 1.165) is 0 Å². The maximum Gasteiger partial charge on any atom is 0.320 e. The van der Waals surface area contributed by atoms with E-state index >= 15 is 0 Å². The highest BCUT2D eigenvalue weighted by Crippen LogP contribution is 1.98. The first-order valence-corrected chi connectivity index (χ1v) is 4.39. The number of carbonyl (C=O) groups is 3. The van der Waals surface area contributed by atoms with E-state index in [1.807, 2.05) is 0 Å². The summed E-state index contributed by atoms with van der Waals surface area (Å²) in [6, 6.07) is -1.12. The first-order chi connectivity index (χ1) is 6.97. The van der Waals surface area contributed by atoms with Crippen LogP contribution in [0.25, 0.3) is 0 Å². The van der Waals surface area contributed by atoms with Crippen molar-refractivity contribution in [2.75, 3.05) is 6.54 Å². The van der Waals surface area contributed by atoms with E-state index < -0.39 is 23.9 Å². The zero-order chi connectivity index (χ0) is 11.8. The van der Waals surface area contributed by atoms with Gasteiger partial charge in [-0.3, -0.25) is 14.4 Å². The molecule has 0 amide bonds. The third kappa shape index (κ3) is 6.58. The molecule has 0 aromatic heterocycles. The summed E-state index contributed by atoms with van der Waals surface area (Å²) in [5.74, 6) is -2.70. The monoisotopic (exact) mass is 218 g/mol. The van der Waals surface area contributed by atoms with E-state index in [9.17, 15) is 14.4 Å². The number of carboxylic acid groups (broad SMARTS) is 1. The molecule has 5 N–H and O–H groups in total. The summed E-state index contributed by atoms with van der Waals surface area (Å²) in [6.45, 7) is 0.0980. The lowest BCUT2D eigenvalue weighted by Gasteiger charge is -2.05. The minimum Gasteiger partial charge on any atom is -0.480 e. The topological polar surface area (TPSA) is 133 Å². The Morgan fingerprint density at radius 3 is 2.20 bits per heavy atom. The summed E-state index contributed by atoms with van der Waals surface area (Å²) < 4.78 is 4.31. The Balaban J connectivity index is 3.75. The van der Waals surface area contributed by atoms with Crippen LogP contribution in [0.3, 0.4) is 0 Å². The molecule has 86 valence electrons. The maximum absolute atomic E-state index is 10.9. The smallest absolute Gasteiger partial charge is 0.320 e. The van der Waals surface area contributed by atoms with Crippen molar-refractivity contribution in [3.05, 3.63) is 0 Å². The van der Waals surface area contributed by atoms with Gasteiger partial charge in [0.05, 0.1) is 6.42 Å². The van der Waals surface area contributed by atoms with Crippen molar-refractivity contribution < 1.29 is 24.2 Å². The van der Waals surface area contributed by atoms with E-state index in [-0.39, 0.29) is 25.8 Å². The average molecular weight is 218 g/mol. The Labute approximate surface area is 86.4 Å². The Morgan fingerprint density at radius 1 is 1.20 bits per heavy atom. The highest BCUT2D eigenvalue weighted by Gasteiger charge is 2.15. The summed E-state index contributed by atoms with van der Waals surface area (Å²) in [4.78, 5) is 32.0. The molecule has 0 aliphatic heterocycles. The van der Waals surface area contributed by atoms with Crippen molar-refractivity contribution in [1.29, 1.82) is 0 Å². The number of esters is 2. The molecule has 0 bridgehead atoms. The quantitative estimate of drug-likeness (QED) is 0.368. The minimum absolute atomic E-state index is 0.0449. The van der Waals surface area contributed by atoms with Crippen LogP contribution in [-0.2, 0) is 19.1 Å². The minimum atomic E-state index is -1.20. The second-order valence-electron chi connectivity index (χ2n) is 2.87. The maximum atomic E-state index is 10.9. The number of aliphatic carboxylic acids is 1.